The van der Waals surface area contributed by atoms with E-state index in [-0.39, 0.29) is 0 Å². The third-order valence-corrected chi connectivity index (χ3v) is 5.54. The van der Waals surface area contributed by atoms with Crippen LogP contribution in [0.25, 0.3) is 0 Å². The van der Waals surface area contributed by atoms with Crippen molar-refractivity contribution in [1.29, 1.82) is 0 Å². The van der Waals surface area contributed by atoms with Gasteiger partial charge >= 0.3 is 0 Å². The van der Waals surface area contributed by atoms with Crippen molar-refractivity contribution in [3.05, 3.63) is 15.1 Å². The molecular formula is C16H24IN3O. The molecular weight excluding hydrogens is 377 g/mol. The average molecular weight is 401 g/mol. The number of hydrogen-bond acceptors (Lipinski definition) is 4. The molecule has 1 saturated carbocycles. The molecule has 0 spiro atoms. The number of anilines is 1. The lowest BCUT2D eigenvalue weighted by molar-refractivity contribution is 0.193. The highest BCUT2D eigenvalue weighted by Crippen LogP contribution is 2.38. The number of ether oxygens (including phenoxy) is 1. The Balaban J connectivity index is 1.93. The van der Waals surface area contributed by atoms with E-state index in [1.165, 1.54) is 34.9 Å². The topological polar surface area (TPSA) is 47.0 Å². The molecule has 21 heavy (non-hydrogen) atoms. The summed E-state index contributed by atoms with van der Waals surface area (Å²) in [6, 6.07) is 0. The summed E-state index contributed by atoms with van der Waals surface area (Å²) in [4.78, 5) is 9.78. The molecule has 2 aliphatic rings. The van der Waals surface area contributed by atoms with Crippen LogP contribution in [0, 0.1) is 3.57 Å². The molecule has 0 bridgehead atoms. The maximum Gasteiger partial charge on any atom is 0.143 e. The monoisotopic (exact) mass is 401 g/mol. The lowest BCUT2D eigenvalue weighted by Gasteiger charge is -2.18. The van der Waals surface area contributed by atoms with Crippen LogP contribution >= 0.6 is 22.6 Å². The summed E-state index contributed by atoms with van der Waals surface area (Å²) >= 11 is 2.43. The van der Waals surface area contributed by atoms with Gasteiger partial charge in [-0.1, -0.05) is 19.8 Å². The van der Waals surface area contributed by atoms with Gasteiger partial charge in [0.2, 0.25) is 0 Å². The second-order valence-electron chi connectivity index (χ2n) is 6.10. The Bertz CT molecular complexity index is 483. The molecule has 1 unspecified atom stereocenters. The van der Waals surface area contributed by atoms with E-state index in [1.807, 2.05) is 0 Å². The van der Waals surface area contributed by atoms with Gasteiger partial charge in [0.1, 0.15) is 11.6 Å². The first kappa shape index (κ1) is 15.5. The summed E-state index contributed by atoms with van der Waals surface area (Å²) in [5.74, 6) is 3.04. The molecule has 4 nitrogen and oxygen atoms in total. The van der Waals surface area contributed by atoms with Gasteiger partial charge in [0.15, 0.2) is 0 Å². The van der Waals surface area contributed by atoms with Crippen molar-refractivity contribution in [2.75, 3.05) is 25.1 Å². The smallest absolute Gasteiger partial charge is 0.143 e. The van der Waals surface area contributed by atoms with Crippen molar-refractivity contribution in [2.24, 2.45) is 0 Å². The zero-order chi connectivity index (χ0) is 14.7. The summed E-state index contributed by atoms with van der Waals surface area (Å²) in [6.45, 7) is 4.77. The Labute approximate surface area is 140 Å². The molecule has 0 amide bonds. The van der Waals surface area contributed by atoms with Crippen LogP contribution in [0.15, 0.2) is 0 Å². The summed E-state index contributed by atoms with van der Waals surface area (Å²) in [5, 5.41) is 3.49. The van der Waals surface area contributed by atoms with Gasteiger partial charge in [-0.15, -0.1) is 0 Å². The Morgan fingerprint density at radius 3 is 2.67 bits per heavy atom. The van der Waals surface area contributed by atoms with Gasteiger partial charge in [-0.3, -0.25) is 0 Å². The second kappa shape index (κ2) is 7.22. The molecule has 1 aromatic rings. The fraction of sp³-hybridized carbons (Fsp3) is 0.750. The molecule has 5 heteroatoms. The van der Waals surface area contributed by atoms with Crippen LogP contribution in [-0.4, -0.2) is 29.7 Å². The van der Waals surface area contributed by atoms with Crippen LogP contribution in [-0.2, 0) is 4.74 Å². The second-order valence-corrected chi connectivity index (χ2v) is 7.18. The molecule has 1 atom stereocenters. The van der Waals surface area contributed by atoms with E-state index >= 15 is 0 Å². The average Bonchev–Trinajstić information content (AvgIpc) is 3.19. The summed E-state index contributed by atoms with van der Waals surface area (Å²) in [5.41, 5.74) is 1.28. The van der Waals surface area contributed by atoms with Crippen molar-refractivity contribution in [3.63, 3.8) is 0 Å². The zero-order valence-corrected chi connectivity index (χ0v) is 14.9. The highest BCUT2D eigenvalue weighted by atomic mass is 127. The SMILES string of the molecule is CCCNc1nc(C2CCOC2)nc(C2CCCC2)c1I. The number of nitrogens with one attached hydrogen (secondary N) is 1. The molecule has 0 radical (unpaired) electrons. The van der Waals surface area contributed by atoms with Crippen LogP contribution in [0.2, 0.25) is 0 Å². The van der Waals surface area contributed by atoms with Crippen LogP contribution < -0.4 is 5.32 Å². The van der Waals surface area contributed by atoms with E-state index in [4.69, 9.17) is 14.7 Å². The quantitative estimate of drug-likeness (QED) is 0.756. The third kappa shape index (κ3) is 3.50. The van der Waals surface area contributed by atoms with Gasteiger partial charge in [-0.25, -0.2) is 9.97 Å². The van der Waals surface area contributed by atoms with E-state index in [9.17, 15) is 0 Å². The van der Waals surface area contributed by atoms with Crippen molar-refractivity contribution in [2.45, 2.75) is 57.3 Å². The molecule has 1 aliphatic carbocycles. The van der Waals surface area contributed by atoms with E-state index in [0.29, 0.717) is 11.8 Å². The molecule has 1 N–H and O–H groups in total. The number of nitrogens with zero attached hydrogens (tertiary/aromatic N) is 2. The minimum atomic E-state index is 0.379. The Kier molecular flexibility index (Phi) is 5.32. The van der Waals surface area contributed by atoms with Crippen molar-refractivity contribution >= 4 is 28.4 Å². The fourth-order valence-electron chi connectivity index (χ4n) is 3.23. The van der Waals surface area contributed by atoms with Crippen LogP contribution in [0.4, 0.5) is 5.82 Å². The van der Waals surface area contributed by atoms with E-state index in [1.54, 1.807) is 0 Å². The number of hydrogen-bond donors (Lipinski definition) is 1. The molecule has 2 fully saturated rings. The van der Waals surface area contributed by atoms with Crippen LogP contribution in [0.3, 0.4) is 0 Å². The highest BCUT2D eigenvalue weighted by Gasteiger charge is 2.27. The number of aromatic nitrogens is 2. The van der Waals surface area contributed by atoms with Gasteiger partial charge in [-0.05, 0) is 48.3 Å². The number of halogens is 1. The Morgan fingerprint density at radius 2 is 2.00 bits per heavy atom. The van der Waals surface area contributed by atoms with Crippen molar-refractivity contribution in [1.82, 2.24) is 9.97 Å². The highest BCUT2D eigenvalue weighted by molar-refractivity contribution is 14.1. The molecule has 1 aliphatic heterocycles. The van der Waals surface area contributed by atoms with Gasteiger partial charge in [0.05, 0.1) is 15.9 Å². The molecule has 0 aromatic carbocycles. The zero-order valence-electron chi connectivity index (χ0n) is 12.7. The van der Waals surface area contributed by atoms with Crippen molar-refractivity contribution < 1.29 is 4.74 Å². The number of rotatable bonds is 5. The third-order valence-electron chi connectivity index (χ3n) is 4.47. The van der Waals surface area contributed by atoms with Crippen molar-refractivity contribution in [3.8, 4) is 0 Å². The van der Waals surface area contributed by atoms with Gasteiger partial charge in [0.25, 0.3) is 0 Å². The minimum Gasteiger partial charge on any atom is -0.381 e. The fourth-order valence-corrected chi connectivity index (χ4v) is 4.11. The van der Waals surface area contributed by atoms with Crippen LogP contribution in [0.1, 0.15) is 68.8 Å². The standard InChI is InChI=1S/C16H24IN3O/c1-2-8-18-16-13(17)14(11-5-3-4-6-11)19-15(20-16)12-7-9-21-10-12/h11-12H,2-10H2,1H3,(H,18,19,20). The normalized spacial score (nSPS) is 22.9. The molecule has 116 valence electrons. The largest absolute Gasteiger partial charge is 0.381 e. The molecule has 3 rings (SSSR count). The van der Waals surface area contributed by atoms with E-state index in [0.717, 1.165) is 44.2 Å². The predicted octanol–water partition coefficient (Wildman–Crippen LogP) is 4.06. The first-order valence-electron chi connectivity index (χ1n) is 8.18. The summed E-state index contributed by atoms with van der Waals surface area (Å²) < 4.78 is 6.76. The molecule has 1 aromatic heterocycles. The first-order valence-corrected chi connectivity index (χ1v) is 9.26. The molecule has 1 saturated heterocycles. The lowest BCUT2D eigenvalue weighted by Crippen LogP contribution is -2.14. The van der Waals surface area contributed by atoms with Gasteiger partial charge in [0, 0.05) is 25.0 Å². The summed E-state index contributed by atoms with van der Waals surface area (Å²) in [6.07, 6.45) is 7.40. The van der Waals surface area contributed by atoms with Crippen LogP contribution in [0.5, 0.6) is 0 Å². The summed E-state index contributed by atoms with van der Waals surface area (Å²) in [7, 11) is 0. The van der Waals surface area contributed by atoms with Gasteiger partial charge < -0.3 is 10.1 Å². The Hall–Kier alpha value is -0.430. The Morgan fingerprint density at radius 1 is 1.19 bits per heavy atom. The first-order chi connectivity index (χ1) is 10.3. The van der Waals surface area contributed by atoms with E-state index < -0.39 is 0 Å². The molecule has 2 heterocycles. The van der Waals surface area contributed by atoms with E-state index in [2.05, 4.69) is 34.8 Å². The maximum absolute atomic E-state index is 5.53. The minimum absolute atomic E-state index is 0.379. The predicted molar refractivity (Wildman–Crippen MR) is 92.9 cm³/mol. The maximum atomic E-state index is 5.53. The van der Waals surface area contributed by atoms with Gasteiger partial charge in [-0.2, -0.15) is 0 Å². The lowest BCUT2D eigenvalue weighted by atomic mass is 10.0.